The van der Waals surface area contributed by atoms with Crippen molar-refractivity contribution < 1.29 is 18.0 Å². The number of benzene rings is 1. The molecule has 0 saturated carbocycles. The molecule has 1 N–H and O–H groups in total. The Morgan fingerprint density at radius 3 is 2.44 bits per heavy atom. The maximum absolute atomic E-state index is 12.6. The molecular formula is C18H26N2O4S. The Labute approximate surface area is 149 Å². The Balaban J connectivity index is 1.82. The largest absolute Gasteiger partial charge is 0.355 e. The third kappa shape index (κ3) is 5.29. The molecule has 0 bridgehead atoms. The highest BCUT2D eigenvalue weighted by atomic mass is 32.2. The molecule has 7 heteroatoms. The number of amides is 2. The van der Waals surface area contributed by atoms with Crippen molar-refractivity contribution in [3.8, 4) is 0 Å². The summed E-state index contributed by atoms with van der Waals surface area (Å²) in [5, 5.41) is 2.71. The van der Waals surface area contributed by atoms with Crippen LogP contribution in [0.25, 0.3) is 0 Å². The highest BCUT2D eigenvalue weighted by Gasteiger charge is 2.28. The van der Waals surface area contributed by atoms with Gasteiger partial charge in [0.05, 0.1) is 5.75 Å². The van der Waals surface area contributed by atoms with E-state index in [2.05, 4.69) is 5.32 Å². The zero-order valence-electron chi connectivity index (χ0n) is 14.8. The molecule has 0 radical (unpaired) electrons. The molecule has 2 rings (SSSR count). The van der Waals surface area contributed by atoms with Gasteiger partial charge in [-0.15, -0.1) is 0 Å². The van der Waals surface area contributed by atoms with Crippen molar-refractivity contribution in [2.45, 2.75) is 26.7 Å². The van der Waals surface area contributed by atoms with Crippen LogP contribution in [0.4, 0.5) is 0 Å². The molecular weight excluding hydrogens is 340 g/mol. The van der Waals surface area contributed by atoms with Crippen LogP contribution in [0.5, 0.6) is 0 Å². The van der Waals surface area contributed by atoms with Crippen LogP contribution in [0.2, 0.25) is 0 Å². The summed E-state index contributed by atoms with van der Waals surface area (Å²) < 4.78 is 22.9. The van der Waals surface area contributed by atoms with Crippen LogP contribution in [0.15, 0.2) is 24.3 Å². The van der Waals surface area contributed by atoms with Crippen LogP contribution in [0.1, 0.15) is 35.7 Å². The van der Waals surface area contributed by atoms with Crippen LogP contribution in [0, 0.1) is 12.8 Å². The number of nitrogens with zero attached hydrogens (tertiary/aromatic N) is 1. The second-order valence-electron chi connectivity index (χ2n) is 6.41. The van der Waals surface area contributed by atoms with E-state index >= 15 is 0 Å². The third-order valence-electron chi connectivity index (χ3n) is 4.68. The fraction of sp³-hybridized carbons (Fsp3) is 0.556. The molecule has 1 heterocycles. The summed E-state index contributed by atoms with van der Waals surface area (Å²) in [5.41, 5.74) is 1.65. The van der Waals surface area contributed by atoms with Crippen LogP contribution in [0.3, 0.4) is 0 Å². The van der Waals surface area contributed by atoms with Gasteiger partial charge >= 0.3 is 0 Å². The number of carbonyl (C=O) groups excluding carboxylic acids is 2. The molecule has 0 aromatic heterocycles. The van der Waals surface area contributed by atoms with E-state index in [-0.39, 0.29) is 35.8 Å². The van der Waals surface area contributed by atoms with Gasteiger partial charge in [-0.3, -0.25) is 9.59 Å². The molecule has 25 heavy (non-hydrogen) atoms. The quantitative estimate of drug-likeness (QED) is 0.825. The number of hydrogen-bond donors (Lipinski definition) is 1. The zero-order valence-corrected chi connectivity index (χ0v) is 15.6. The molecule has 2 amide bonds. The molecule has 1 fully saturated rings. The van der Waals surface area contributed by atoms with Gasteiger partial charge in [0, 0.05) is 36.9 Å². The third-order valence-corrected chi connectivity index (χ3v) is 6.39. The number of piperidine rings is 1. The molecule has 1 aliphatic rings. The van der Waals surface area contributed by atoms with Crippen molar-refractivity contribution in [3.63, 3.8) is 0 Å². The number of sulfone groups is 1. The molecule has 138 valence electrons. The summed E-state index contributed by atoms with van der Waals surface area (Å²) in [6.07, 6.45) is 1.20. The summed E-state index contributed by atoms with van der Waals surface area (Å²) in [6.45, 7) is 4.74. The second kappa shape index (κ2) is 8.47. The molecule has 0 unspecified atom stereocenters. The summed E-state index contributed by atoms with van der Waals surface area (Å²) in [4.78, 5) is 26.5. The van der Waals surface area contributed by atoms with Crippen LogP contribution in [-0.2, 0) is 14.6 Å². The van der Waals surface area contributed by atoms with Gasteiger partial charge in [0.15, 0.2) is 9.84 Å². The van der Waals surface area contributed by atoms with Gasteiger partial charge in [0.2, 0.25) is 5.91 Å². The summed E-state index contributed by atoms with van der Waals surface area (Å²) in [5.74, 6) is -0.215. The van der Waals surface area contributed by atoms with E-state index in [4.69, 9.17) is 0 Å². The topological polar surface area (TPSA) is 83.6 Å². The molecule has 0 aliphatic carbocycles. The first kappa shape index (κ1) is 19.4. The molecule has 1 aromatic rings. The minimum Gasteiger partial charge on any atom is -0.355 e. The van der Waals surface area contributed by atoms with Crippen molar-refractivity contribution in [1.29, 1.82) is 0 Å². The van der Waals surface area contributed by atoms with E-state index in [1.54, 1.807) is 11.8 Å². The van der Waals surface area contributed by atoms with Crippen LogP contribution >= 0.6 is 0 Å². The average Bonchev–Trinajstić information content (AvgIpc) is 2.61. The van der Waals surface area contributed by atoms with Gasteiger partial charge in [-0.1, -0.05) is 25.1 Å². The molecule has 1 aliphatic heterocycles. The fourth-order valence-corrected chi connectivity index (χ4v) is 3.65. The van der Waals surface area contributed by atoms with E-state index < -0.39 is 9.84 Å². The highest BCUT2D eigenvalue weighted by Crippen LogP contribution is 2.20. The lowest BCUT2D eigenvalue weighted by Gasteiger charge is -2.31. The average molecular weight is 366 g/mol. The van der Waals surface area contributed by atoms with Crippen molar-refractivity contribution in [3.05, 3.63) is 35.4 Å². The van der Waals surface area contributed by atoms with E-state index in [1.165, 1.54) is 0 Å². The predicted molar refractivity (Wildman–Crippen MR) is 97.1 cm³/mol. The lowest BCUT2D eigenvalue weighted by molar-refractivity contribution is -0.126. The Bertz CT molecular complexity index is 722. The number of carbonyl (C=O) groups is 2. The van der Waals surface area contributed by atoms with Gasteiger partial charge in [-0.05, 0) is 31.4 Å². The smallest absolute Gasteiger partial charge is 0.254 e. The molecule has 6 nitrogen and oxygen atoms in total. The summed E-state index contributed by atoms with van der Waals surface area (Å²) in [7, 11) is -3.07. The monoisotopic (exact) mass is 366 g/mol. The van der Waals surface area contributed by atoms with Crippen LogP contribution < -0.4 is 5.32 Å². The lowest BCUT2D eigenvalue weighted by Crippen LogP contribution is -2.43. The lowest BCUT2D eigenvalue weighted by atomic mass is 9.95. The minimum absolute atomic E-state index is 0.00555. The van der Waals surface area contributed by atoms with Crippen molar-refractivity contribution in [2.75, 3.05) is 31.1 Å². The van der Waals surface area contributed by atoms with Gasteiger partial charge < -0.3 is 10.2 Å². The first-order valence-electron chi connectivity index (χ1n) is 8.67. The maximum Gasteiger partial charge on any atom is 0.254 e. The molecule has 0 spiro atoms. The zero-order chi connectivity index (χ0) is 18.4. The number of likely N-dealkylation sites (tertiary alicyclic amines) is 1. The van der Waals surface area contributed by atoms with Crippen molar-refractivity contribution >= 4 is 21.7 Å². The number of hydrogen-bond acceptors (Lipinski definition) is 4. The van der Waals surface area contributed by atoms with E-state index in [1.807, 2.05) is 31.2 Å². The normalized spacial score (nSPS) is 15.8. The minimum atomic E-state index is -3.07. The van der Waals surface area contributed by atoms with E-state index in [0.29, 0.717) is 31.5 Å². The first-order chi connectivity index (χ1) is 11.8. The molecule has 1 saturated heterocycles. The predicted octanol–water partition coefficient (Wildman–Crippen LogP) is 1.40. The van der Waals surface area contributed by atoms with E-state index in [0.717, 1.165) is 5.56 Å². The Morgan fingerprint density at radius 2 is 1.84 bits per heavy atom. The maximum atomic E-state index is 12.6. The van der Waals surface area contributed by atoms with Crippen molar-refractivity contribution in [2.24, 2.45) is 5.92 Å². The molecule has 1 aromatic carbocycles. The van der Waals surface area contributed by atoms with Gasteiger partial charge in [0.25, 0.3) is 5.91 Å². The Hall–Kier alpha value is -1.89. The first-order valence-corrected chi connectivity index (χ1v) is 10.5. The Morgan fingerprint density at radius 1 is 1.20 bits per heavy atom. The van der Waals surface area contributed by atoms with Gasteiger partial charge in [-0.2, -0.15) is 0 Å². The van der Waals surface area contributed by atoms with Gasteiger partial charge in [-0.25, -0.2) is 8.42 Å². The standard InChI is InChI=1S/C18H26N2O4S/c1-3-25(23,24)13-10-19-17(21)15-8-11-20(12-9-15)18(22)16-7-5-4-6-14(16)2/h4-7,15H,3,8-13H2,1-2H3,(H,19,21). The Kier molecular flexibility index (Phi) is 6.58. The highest BCUT2D eigenvalue weighted by molar-refractivity contribution is 7.91. The number of rotatable bonds is 6. The summed E-state index contributed by atoms with van der Waals surface area (Å²) in [6, 6.07) is 7.49. The molecule has 0 atom stereocenters. The van der Waals surface area contributed by atoms with Crippen molar-refractivity contribution in [1.82, 2.24) is 10.2 Å². The fourth-order valence-electron chi connectivity index (χ4n) is 2.95. The second-order valence-corrected chi connectivity index (χ2v) is 8.88. The number of aryl methyl sites for hydroxylation is 1. The van der Waals surface area contributed by atoms with E-state index in [9.17, 15) is 18.0 Å². The van der Waals surface area contributed by atoms with Crippen LogP contribution in [-0.4, -0.2) is 56.3 Å². The summed E-state index contributed by atoms with van der Waals surface area (Å²) >= 11 is 0. The number of nitrogens with one attached hydrogen (secondary N) is 1. The van der Waals surface area contributed by atoms with Gasteiger partial charge in [0.1, 0.15) is 0 Å². The SMILES string of the molecule is CCS(=O)(=O)CCNC(=O)C1CCN(C(=O)c2ccccc2C)CC1.